The number of amides is 1. The number of carboxylic acids is 1. The number of nitrogens with one attached hydrogen (secondary N) is 2. The molecule has 222 valence electrons. The van der Waals surface area contributed by atoms with Crippen molar-refractivity contribution >= 4 is 66.7 Å². The van der Waals surface area contributed by atoms with E-state index in [9.17, 15) is 19.1 Å². The second kappa shape index (κ2) is 12.7. The monoisotopic (exact) mass is 621 g/mol. The molecule has 0 fully saturated rings. The van der Waals surface area contributed by atoms with E-state index >= 15 is 0 Å². The van der Waals surface area contributed by atoms with Crippen molar-refractivity contribution in [1.82, 2.24) is 25.1 Å². The number of thiazole rings is 2. The van der Waals surface area contributed by atoms with Crippen molar-refractivity contribution in [2.75, 3.05) is 31.3 Å². The number of aromatic nitrogens is 4. The summed E-state index contributed by atoms with van der Waals surface area (Å²) < 4.78 is 21.0. The predicted octanol–water partition coefficient (Wildman–Crippen LogP) is 6.20. The van der Waals surface area contributed by atoms with E-state index < -0.39 is 11.8 Å². The lowest BCUT2D eigenvalue weighted by molar-refractivity contribution is 0.0689. The summed E-state index contributed by atoms with van der Waals surface area (Å²) in [5, 5.41) is 25.8. The Bertz CT molecular complexity index is 1790. The van der Waals surface area contributed by atoms with Gasteiger partial charge in [0.2, 0.25) is 0 Å². The maximum Gasteiger partial charge on any atom is 0.355 e. The third-order valence-corrected chi connectivity index (χ3v) is 8.54. The largest absolute Gasteiger partial charge is 0.491 e. The molecule has 2 aromatic carbocycles. The molecule has 3 aromatic heterocycles. The molecule has 0 spiro atoms. The first kappa shape index (κ1) is 29.8. The molecule has 5 rings (SSSR count). The maximum absolute atomic E-state index is 14.4. The molecule has 0 aliphatic rings. The van der Waals surface area contributed by atoms with Gasteiger partial charge in [-0.1, -0.05) is 23.5 Å². The lowest BCUT2D eigenvalue weighted by Gasteiger charge is -2.12. The van der Waals surface area contributed by atoms with E-state index in [1.54, 1.807) is 14.1 Å². The first-order chi connectivity index (χ1) is 20.6. The van der Waals surface area contributed by atoms with Crippen molar-refractivity contribution in [3.63, 3.8) is 0 Å². The second-order valence-corrected chi connectivity index (χ2v) is 11.9. The fourth-order valence-corrected chi connectivity index (χ4v) is 6.00. The van der Waals surface area contributed by atoms with Crippen LogP contribution in [-0.2, 0) is 6.42 Å². The van der Waals surface area contributed by atoms with E-state index in [0.717, 1.165) is 27.4 Å². The van der Waals surface area contributed by atoms with Crippen LogP contribution in [0.25, 0.3) is 10.2 Å². The number of aromatic carboxylic acids is 1. The molecule has 1 amide bonds. The first-order valence-corrected chi connectivity index (χ1v) is 14.8. The van der Waals surface area contributed by atoms with Crippen LogP contribution in [0.15, 0.2) is 42.5 Å². The summed E-state index contributed by atoms with van der Waals surface area (Å²) >= 11 is 2.72. The molecule has 0 saturated carbocycles. The number of hydrogen-bond acceptors (Lipinski definition) is 11. The van der Waals surface area contributed by atoms with Crippen molar-refractivity contribution in [3.8, 4) is 5.75 Å². The second-order valence-electron chi connectivity index (χ2n) is 9.78. The zero-order valence-electron chi connectivity index (χ0n) is 23.8. The average Bonchev–Trinajstić information content (AvgIpc) is 3.58. The topological polar surface area (TPSA) is 142 Å². The molecule has 0 saturated heterocycles. The molecule has 0 unspecified atom stereocenters. The highest BCUT2D eigenvalue weighted by atomic mass is 32.1. The first-order valence-electron chi connectivity index (χ1n) is 13.2. The molecule has 0 bridgehead atoms. The highest BCUT2D eigenvalue weighted by Crippen LogP contribution is 2.32. The van der Waals surface area contributed by atoms with Crippen LogP contribution in [0.2, 0.25) is 0 Å². The molecular formula is C29H28FN7O4S2. The van der Waals surface area contributed by atoms with Gasteiger partial charge < -0.3 is 25.4 Å². The van der Waals surface area contributed by atoms with Gasteiger partial charge in [0.1, 0.15) is 0 Å². The number of benzene rings is 2. The van der Waals surface area contributed by atoms with Gasteiger partial charge in [0.15, 0.2) is 39.2 Å². The molecule has 0 radical (unpaired) electrons. The predicted molar refractivity (Wildman–Crippen MR) is 165 cm³/mol. The number of para-hydroxylation sites is 1. The lowest BCUT2D eigenvalue weighted by atomic mass is 10.2. The van der Waals surface area contributed by atoms with E-state index in [1.165, 1.54) is 39.7 Å². The number of halogens is 1. The zero-order valence-corrected chi connectivity index (χ0v) is 25.4. The van der Waals surface area contributed by atoms with Gasteiger partial charge in [-0.05, 0) is 57.0 Å². The van der Waals surface area contributed by atoms with Gasteiger partial charge in [0.05, 0.1) is 16.8 Å². The van der Waals surface area contributed by atoms with Crippen molar-refractivity contribution in [2.45, 2.75) is 26.7 Å². The fraction of sp³-hybridized carbons (Fsp3) is 0.241. The molecule has 0 atom stereocenters. The van der Waals surface area contributed by atoms with Crippen molar-refractivity contribution in [2.24, 2.45) is 0 Å². The van der Waals surface area contributed by atoms with E-state index in [2.05, 4.69) is 30.8 Å². The molecule has 0 aliphatic carbocycles. The third kappa shape index (κ3) is 6.70. The molecule has 5 aromatic rings. The number of hydrogen-bond donors (Lipinski definition) is 3. The number of ether oxygens (including phenoxy) is 1. The average molecular weight is 622 g/mol. The van der Waals surface area contributed by atoms with Gasteiger partial charge in [-0.2, -0.15) is 0 Å². The van der Waals surface area contributed by atoms with Gasteiger partial charge in [-0.25, -0.2) is 19.2 Å². The Morgan fingerprint density at radius 2 is 1.65 bits per heavy atom. The Kier molecular flexibility index (Phi) is 8.78. The van der Waals surface area contributed by atoms with E-state index in [1.807, 2.05) is 38.1 Å². The normalized spacial score (nSPS) is 11.0. The van der Waals surface area contributed by atoms with Crippen LogP contribution in [0.3, 0.4) is 0 Å². The van der Waals surface area contributed by atoms with Crippen LogP contribution in [-0.4, -0.2) is 62.8 Å². The Balaban J connectivity index is 1.23. The quantitative estimate of drug-likeness (QED) is 0.146. The molecule has 0 aliphatic heterocycles. The number of rotatable bonds is 11. The Labute approximate surface area is 254 Å². The van der Waals surface area contributed by atoms with Crippen LogP contribution in [0.4, 0.5) is 26.3 Å². The Morgan fingerprint density at radius 1 is 0.977 bits per heavy atom. The number of carboxylic acid groups (broad SMARTS) is 1. The van der Waals surface area contributed by atoms with Crippen molar-refractivity contribution in [3.05, 3.63) is 75.5 Å². The van der Waals surface area contributed by atoms with Crippen LogP contribution in [0, 0.1) is 19.7 Å². The summed E-state index contributed by atoms with van der Waals surface area (Å²) in [5.41, 5.74) is 2.73. The molecule has 3 heterocycles. The number of aryl methyl sites for hydroxylation is 1. The summed E-state index contributed by atoms with van der Waals surface area (Å²) in [7, 11) is 3.18. The SMILES string of the molecule is Cc1c(Nc2nc(C(=O)O)c(CCCOc3ccc(C(=O)N(C)C)cc3F)s2)nnc(Nc2nc3ccccc3s2)c1C. The minimum absolute atomic E-state index is 0.0194. The highest BCUT2D eigenvalue weighted by molar-refractivity contribution is 7.22. The van der Waals surface area contributed by atoms with Crippen molar-refractivity contribution in [1.29, 1.82) is 0 Å². The van der Waals surface area contributed by atoms with E-state index in [4.69, 9.17) is 4.74 Å². The third-order valence-electron chi connectivity index (χ3n) is 6.56. The van der Waals surface area contributed by atoms with E-state index in [-0.39, 0.29) is 29.5 Å². The van der Waals surface area contributed by atoms with Gasteiger partial charge in [-0.3, -0.25) is 4.79 Å². The number of fused-ring (bicyclic) bond motifs is 1. The lowest BCUT2D eigenvalue weighted by Crippen LogP contribution is -2.21. The summed E-state index contributed by atoms with van der Waals surface area (Å²) in [4.78, 5) is 34.7. The van der Waals surface area contributed by atoms with Gasteiger partial charge >= 0.3 is 5.97 Å². The minimum atomic E-state index is -1.15. The Morgan fingerprint density at radius 3 is 2.28 bits per heavy atom. The number of anilines is 4. The van der Waals surface area contributed by atoms with Crippen LogP contribution in [0.5, 0.6) is 5.75 Å². The van der Waals surface area contributed by atoms with Crippen molar-refractivity contribution < 1.29 is 23.8 Å². The fourth-order valence-electron chi connectivity index (χ4n) is 4.14. The molecule has 43 heavy (non-hydrogen) atoms. The van der Waals surface area contributed by atoms with Crippen LogP contribution >= 0.6 is 22.7 Å². The summed E-state index contributed by atoms with van der Waals surface area (Å²) in [6.45, 7) is 3.95. The molecule has 11 nitrogen and oxygen atoms in total. The van der Waals surface area contributed by atoms with Gasteiger partial charge in [0.25, 0.3) is 5.91 Å². The zero-order chi connectivity index (χ0) is 30.7. The summed E-state index contributed by atoms with van der Waals surface area (Å²) in [6.07, 6.45) is 0.776. The summed E-state index contributed by atoms with van der Waals surface area (Å²) in [5.74, 6) is -1.05. The number of nitrogens with zero attached hydrogens (tertiary/aromatic N) is 5. The molecular weight excluding hydrogens is 593 g/mol. The Hall–Kier alpha value is -4.69. The molecule has 14 heteroatoms. The van der Waals surface area contributed by atoms with E-state index in [0.29, 0.717) is 39.6 Å². The minimum Gasteiger partial charge on any atom is -0.491 e. The molecule has 3 N–H and O–H groups in total. The van der Waals surface area contributed by atoms with Crippen LogP contribution < -0.4 is 15.4 Å². The smallest absolute Gasteiger partial charge is 0.355 e. The highest BCUT2D eigenvalue weighted by Gasteiger charge is 2.20. The standard InChI is InChI=1S/C29H28FN7O4S2/c1-15-16(2)25(36-35-24(15)33-28-31-19-8-5-6-9-21(19)42-28)34-29-32-23(27(39)40)22(43-29)10-7-13-41-20-12-11-17(14-18(20)30)26(38)37(3)4/h5-6,8-9,11-12,14H,7,10,13H2,1-4H3,(H,39,40)(H,31,33,35)(H,32,34,36). The van der Waals surface area contributed by atoms with Crippen LogP contribution in [0.1, 0.15) is 43.3 Å². The summed E-state index contributed by atoms with van der Waals surface area (Å²) in [6, 6.07) is 11.9. The number of carbonyl (C=O) groups excluding carboxylic acids is 1. The maximum atomic E-state index is 14.4. The van der Waals surface area contributed by atoms with Gasteiger partial charge in [-0.15, -0.1) is 21.5 Å². The van der Waals surface area contributed by atoms with Gasteiger partial charge in [0, 0.05) is 35.7 Å². The number of carbonyl (C=O) groups is 2.